The van der Waals surface area contributed by atoms with E-state index in [2.05, 4.69) is 5.10 Å². The molecule has 10 heteroatoms. The highest BCUT2D eigenvalue weighted by molar-refractivity contribution is 7.89. The largest absolute Gasteiger partial charge is 0.497 e. The Kier molecular flexibility index (Phi) is 6.67. The van der Waals surface area contributed by atoms with Gasteiger partial charge in [-0.2, -0.15) is 9.40 Å². The number of carbonyl (C=O) groups is 1. The predicted molar refractivity (Wildman–Crippen MR) is 111 cm³/mol. The Labute approximate surface area is 177 Å². The van der Waals surface area contributed by atoms with Gasteiger partial charge in [-0.3, -0.25) is 9.48 Å². The van der Waals surface area contributed by atoms with Gasteiger partial charge < -0.3 is 14.4 Å². The van der Waals surface area contributed by atoms with Gasteiger partial charge in [-0.05, 0) is 45.0 Å². The molecule has 0 saturated carbocycles. The van der Waals surface area contributed by atoms with Crippen LogP contribution in [-0.2, 0) is 21.4 Å². The molecule has 2 aromatic rings. The average molecular weight is 437 g/mol. The van der Waals surface area contributed by atoms with Crippen LogP contribution in [0.4, 0.5) is 0 Å². The van der Waals surface area contributed by atoms with Crippen molar-refractivity contribution >= 4 is 15.9 Å². The third-order valence-electron chi connectivity index (χ3n) is 5.23. The van der Waals surface area contributed by atoms with Crippen molar-refractivity contribution in [2.75, 3.05) is 39.9 Å². The monoisotopic (exact) mass is 436 g/mol. The van der Waals surface area contributed by atoms with Crippen LogP contribution in [0, 0.1) is 13.8 Å². The van der Waals surface area contributed by atoms with Gasteiger partial charge in [0.05, 0.1) is 18.5 Å². The number of benzene rings is 1. The highest BCUT2D eigenvalue weighted by atomic mass is 32.2. The van der Waals surface area contributed by atoms with Crippen molar-refractivity contribution in [2.24, 2.45) is 0 Å². The second kappa shape index (κ2) is 9.05. The molecular weight excluding hydrogens is 408 g/mol. The van der Waals surface area contributed by atoms with Crippen LogP contribution in [0.2, 0.25) is 0 Å². The first kappa shape index (κ1) is 22.1. The zero-order valence-electron chi connectivity index (χ0n) is 17.8. The van der Waals surface area contributed by atoms with Gasteiger partial charge in [0.15, 0.2) is 6.61 Å². The van der Waals surface area contributed by atoms with E-state index in [1.165, 1.54) is 4.31 Å². The van der Waals surface area contributed by atoms with Crippen molar-refractivity contribution in [1.82, 2.24) is 19.0 Å². The fraction of sp³-hybridized carbons (Fsp3) is 0.500. The van der Waals surface area contributed by atoms with E-state index in [-0.39, 0.29) is 30.5 Å². The summed E-state index contributed by atoms with van der Waals surface area (Å²) in [6, 6.07) is 6.98. The quantitative estimate of drug-likeness (QED) is 0.652. The first-order chi connectivity index (χ1) is 14.3. The smallest absolute Gasteiger partial charge is 0.260 e. The summed E-state index contributed by atoms with van der Waals surface area (Å²) in [6.07, 6.45) is 0. The molecule has 1 aliphatic heterocycles. The number of aromatic nitrogens is 2. The molecule has 0 unspecified atom stereocenters. The van der Waals surface area contributed by atoms with Crippen molar-refractivity contribution < 1.29 is 22.7 Å². The number of amides is 1. The molecule has 0 N–H and O–H groups in total. The topological polar surface area (TPSA) is 94.0 Å². The minimum Gasteiger partial charge on any atom is -0.497 e. The zero-order chi connectivity index (χ0) is 21.9. The number of hydrogen-bond donors (Lipinski definition) is 0. The Bertz CT molecular complexity index is 993. The summed E-state index contributed by atoms with van der Waals surface area (Å²) in [7, 11) is -2.07. The molecule has 1 saturated heterocycles. The van der Waals surface area contributed by atoms with Crippen molar-refractivity contribution in [1.29, 1.82) is 0 Å². The summed E-state index contributed by atoms with van der Waals surface area (Å²) in [5.41, 5.74) is 1.14. The Morgan fingerprint density at radius 1 is 1.07 bits per heavy atom. The molecule has 30 heavy (non-hydrogen) atoms. The summed E-state index contributed by atoms with van der Waals surface area (Å²) >= 11 is 0. The number of methoxy groups -OCH3 is 1. The molecule has 1 fully saturated rings. The Morgan fingerprint density at radius 2 is 1.67 bits per heavy atom. The van der Waals surface area contributed by atoms with Crippen LogP contribution in [0.5, 0.6) is 11.5 Å². The lowest BCUT2D eigenvalue weighted by Gasteiger charge is -2.34. The van der Waals surface area contributed by atoms with E-state index in [1.807, 2.05) is 6.92 Å². The van der Waals surface area contributed by atoms with Crippen molar-refractivity contribution in [3.63, 3.8) is 0 Å². The molecule has 164 valence electrons. The lowest BCUT2D eigenvalue weighted by Crippen LogP contribution is -2.51. The zero-order valence-corrected chi connectivity index (χ0v) is 18.6. The van der Waals surface area contributed by atoms with E-state index in [9.17, 15) is 13.2 Å². The van der Waals surface area contributed by atoms with Gasteiger partial charge in [-0.25, -0.2) is 8.42 Å². The van der Waals surface area contributed by atoms with Crippen LogP contribution in [0.3, 0.4) is 0 Å². The first-order valence-corrected chi connectivity index (χ1v) is 11.3. The van der Waals surface area contributed by atoms with E-state index < -0.39 is 10.0 Å². The predicted octanol–water partition coefficient (Wildman–Crippen LogP) is 1.44. The van der Waals surface area contributed by atoms with Gasteiger partial charge in [0.25, 0.3) is 5.91 Å². The molecule has 1 aromatic carbocycles. The van der Waals surface area contributed by atoms with Crippen LogP contribution in [0.25, 0.3) is 0 Å². The standard InChI is InChI=1S/C20H28N4O5S/c1-5-24-16(3)20(15(2)21-24)30(26,27)23-12-10-22(11-13-23)19(25)14-29-18-8-6-17(28-4)7-9-18/h6-9H,5,10-14H2,1-4H3. The lowest BCUT2D eigenvalue weighted by atomic mass is 10.3. The van der Waals surface area contributed by atoms with E-state index in [1.54, 1.807) is 54.8 Å². The van der Waals surface area contributed by atoms with Crippen molar-refractivity contribution in [3.8, 4) is 11.5 Å². The average Bonchev–Trinajstić information content (AvgIpc) is 3.06. The van der Waals surface area contributed by atoms with Crippen molar-refractivity contribution in [2.45, 2.75) is 32.2 Å². The summed E-state index contributed by atoms with van der Waals surface area (Å²) in [5.74, 6) is 1.11. The van der Waals surface area contributed by atoms with Crippen LogP contribution >= 0.6 is 0 Å². The maximum absolute atomic E-state index is 13.1. The molecule has 3 rings (SSSR count). The lowest BCUT2D eigenvalue weighted by molar-refractivity contribution is -0.134. The van der Waals surface area contributed by atoms with Crippen LogP contribution < -0.4 is 9.47 Å². The summed E-state index contributed by atoms with van der Waals surface area (Å²) in [5, 5.41) is 4.32. The molecule has 2 heterocycles. The molecule has 0 atom stereocenters. The van der Waals surface area contributed by atoms with Gasteiger partial charge in [-0.1, -0.05) is 0 Å². The van der Waals surface area contributed by atoms with E-state index >= 15 is 0 Å². The fourth-order valence-electron chi connectivity index (χ4n) is 3.58. The maximum Gasteiger partial charge on any atom is 0.260 e. The molecule has 0 aliphatic carbocycles. The van der Waals surface area contributed by atoms with Crippen LogP contribution in [0.1, 0.15) is 18.3 Å². The molecule has 1 amide bonds. The van der Waals surface area contributed by atoms with E-state index in [0.717, 1.165) is 0 Å². The third-order valence-corrected chi connectivity index (χ3v) is 7.38. The fourth-order valence-corrected chi connectivity index (χ4v) is 5.37. The molecule has 1 aliphatic rings. The second-order valence-electron chi connectivity index (χ2n) is 7.06. The van der Waals surface area contributed by atoms with Gasteiger partial charge in [0.2, 0.25) is 10.0 Å². The minimum atomic E-state index is -3.65. The molecule has 9 nitrogen and oxygen atoms in total. The second-order valence-corrected chi connectivity index (χ2v) is 8.94. The summed E-state index contributed by atoms with van der Waals surface area (Å²) < 4.78 is 40.0. The minimum absolute atomic E-state index is 0.0967. The van der Waals surface area contributed by atoms with E-state index in [4.69, 9.17) is 9.47 Å². The van der Waals surface area contributed by atoms with Gasteiger partial charge in [0.1, 0.15) is 16.4 Å². The number of carbonyl (C=O) groups excluding carboxylic acids is 1. The highest BCUT2D eigenvalue weighted by Crippen LogP contribution is 2.24. The Morgan fingerprint density at radius 3 is 2.20 bits per heavy atom. The Hall–Kier alpha value is -2.59. The number of sulfonamides is 1. The number of piperazine rings is 1. The normalized spacial score (nSPS) is 15.3. The van der Waals surface area contributed by atoms with Gasteiger partial charge >= 0.3 is 0 Å². The SMILES string of the molecule is CCn1nc(C)c(S(=O)(=O)N2CCN(C(=O)COc3ccc(OC)cc3)CC2)c1C. The highest BCUT2D eigenvalue weighted by Gasteiger charge is 2.34. The van der Waals surface area contributed by atoms with Gasteiger partial charge in [-0.15, -0.1) is 0 Å². The molecule has 0 spiro atoms. The van der Waals surface area contributed by atoms with Gasteiger partial charge in [0, 0.05) is 32.7 Å². The molecule has 0 radical (unpaired) electrons. The van der Waals surface area contributed by atoms with E-state index in [0.29, 0.717) is 42.5 Å². The molecule has 0 bridgehead atoms. The number of ether oxygens (including phenoxy) is 2. The number of aryl methyl sites for hydroxylation is 2. The molecule has 1 aromatic heterocycles. The first-order valence-electron chi connectivity index (χ1n) is 9.86. The molecular formula is C20H28N4O5S. The summed E-state index contributed by atoms with van der Waals surface area (Å²) in [6.45, 7) is 7.05. The third kappa shape index (κ3) is 4.44. The van der Waals surface area contributed by atoms with Crippen molar-refractivity contribution in [3.05, 3.63) is 35.7 Å². The van der Waals surface area contributed by atoms with Crippen LogP contribution in [-0.4, -0.2) is 73.2 Å². The number of nitrogens with zero attached hydrogens (tertiary/aromatic N) is 4. The number of hydrogen-bond acceptors (Lipinski definition) is 6. The summed E-state index contributed by atoms with van der Waals surface area (Å²) in [4.78, 5) is 14.4. The maximum atomic E-state index is 13.1. The van der Waals surface area contributed by atoms with Crippen LogP contribution in [0.15, 0.2) is 29.2 Å². The Balaban J connectivity index is 1.58. The number of rotatable bonds is 7.